The van der Waals surface area contributed by atoms with Crippen molar-refractivity contribution in [2.45, 2.75) is 26.8 Å². The second kappa shape index (κ2) is 7.60. The Balaban J connectivity index is 1.98. The van der Waals surface area contributed by atoms with Crippen LogP contribution in [0.15, 0.2) is 58.2 Å². The van der Waals surface area contributed by atoms with E-state index >= 15 is 0 Å². The molecule has 26 heavy (non-hydrogen) atoms. The molecule has 2 aromatic rings. The van der Waals surface area contributed by atoms with Crippen LogP contribution in [0.5, 0.6) is 0 Å². The van der Waals surface area contributed by atoms with Crippen LogP contribution in [0.3, 0.4) is 0 Å². The van der Waals surface area contributed by atoms with Crippen LogP contribution in [0.1, 0.15) is 29.7 Å². The van der Waals surface area contributed by atoms with Gasteiger partial charge in [-0.2, -0.15) is 0 Å². The molecule has 3 N–H and O–H groups in total. The minimum absolute atomic E-state index is 0.155. The molecule has 0 bridgehead atoms. The van der Waals surface area contributed by atoms with Crippen LogP contribution >= 0.6 is 28.1 Å². The number of carbonyl (C=O) groups is 1. The summed E-state index contributed by atoms with van der Waals surface area (Å²) < 4.78 is 0.923. The molecule has 0 saturated carbocycles. The van der Waals surface area contributed by atoms with Gasteiger partial charge >= 0.3 is 0 Å². The summed E-state index contributed by atoms with van der Waals surface area (Å²) in [5.41, 5.74) is 5.32. The van der Waals surface area contributed by atoms with E-state index in [2.05, 4.69) is 37.9 Å². The summed E-state index contributed by atoms with van der Waals surface area (Å²) in [7, 11) is 0. The molecule has 1 aliphatic rings. The molecule has 0 saturated heterocycles. The van der Waals surface area contributed by atoms with Crippen LogP contribution in [0.25, 0.3) is 0 Å². The molecule has 0 radical (unpaired) electrons. The van der Waals surface area contributed by atoms with Gasteiger partial charge in [0.1, 0.15) is 0 Å². The van der Waals surface area contributed by atoms with E-state index in [9.17, 15) is 4.79 Å². The van der Waals surface area contributed by atoms with Gasteiger partial charge < -0.3 is 16.0 Å². The molecule has 1 heterocycles. The number of hydrogen-bond donors (Lipinski definition) is 3. The zero-order valence-corrected chi connectivity index (χ0v) is 17.2. The Labute approximate surface area is 167 Å². The number of anilines is 1. The maximum absolute atomic E-state index is 13.1. The molecule has 0 aromatic heterocycles. The number of halogens is 1. The summed E-state index contributed by atoms with van der Waals surface area (Å²) in [4.78, 5) is 13.1. The largest absolute Gasteiger partial charge is 0.351 e. The minimum Gasteiger partial charge on any atom is -0.351 e. The minimum atomic E-state index is -0.329. The topological polar surface area (TPSA) is 53.2 Å². The van der Waals surface area contributed by atoms with Crippen molar-refractivity contribution in [3.05, 3.63) is 74.9 Å². The van der Waals surface area contributed by atoms with Crippen LogP contribution in [0.2, 0.25) is 0 Å². The van der Waals surface area contributed by atoms with Gasteiger partial charge in [-0.1, -0.05) is 51.8 Å². The third-order valence-corrected chi connectivity index (χ3v) is 5.30. The third-order valence-electron chi connectivity index (χ3n) is 4.36. The maximum Gasteiger partial charge on any atom is 0.255 e. The van der Waals surface area contributed by atoms with Gasteiger partial charge in [-0.25, -0.2) is 0 Å². The SMILES string of the molecule is CC1=C(C(=O)Nc2ccc(C)cc2C)C(c2ccccc2Br)NC(=S)N1. The van der Waals surface area contributed by atoms with Crippen molar-refractivity contribution >= 4 is 44.9 Å². The highest BCUT2D eigenvalue weighted by Crippen LogP contribution is 2.32. The van der Waals surface area contributed by atoms with E-state index in [0.29, 0.717) is 10.7 Å². The summed E-state index contributed by atoms with van der Waals surface area (Å²) in [6, 6.07) is 13.5. The number of thiocarbonyl (C=S) groups is 1. The summed E-state index contributed by atoms with van der Waals surface area (Å²) in [6.07, 6.45) is 0. The van der Waals surface area contributed by atoms with Gasteiger partial charge in [0.05, 0.1) is 11.6 Å². The van der Waals surface area contributed by atoms with Gasteiger partial charge in [0.15, 0.2) is 5.11 Å². The number of benzene rings is 2. The van der Waals surface area contributed by atoms with Crippen molar-refractivity contribution in [2.24, 2.45) is 0 Å². The number of aryl methyl sites for hydroxylation is 2. The molecule has 0 spiro atoms. The number of rotatable bonds is 3. The Morgan fingerprint density at radius 1 is 1.15 bits per heavy atom. The first-order valence-electron chi connectivity index (χ1n) is 8.28. The zero-order valence-electron chi connectivity index (χ0n) is 14.8. The number of amides is 1. The fourth-order valence-corrected chi connectivity index (χ4v) is 3.87. The van der Waals surface area contributed by atoms with Crippen LogP contribution in [-0.2, 0) is 4.79 Å². The van der Waals surface area contributed by atoms with E-state index in [0.717, 1.165) is 32.5 Å². The second-order valence-electron chi connectivity index (χ2n) is 6.36. The van der Waals surface area contributed by atoms with E-state index in [4.69, 9.17) is 12.2 Å². The predicted molar refractivity (Wildman–Crippen MR) is 113 cm³/mol. The van der Waals surface area contributed by atoms with Gasteiger partial charge in [0, 0.05) is 15.9 Å². The van der Waals surface area contributed by atoms with Crippen molar-refractivity contribution in [1.29, 1.82) is 0 Å². The first-order chi connectivity index (χ1) is 12.4. The molecule has 4 nitrogen and oxygen atoms in total. The van der Waals surface area contributed by atoms with Gasteiger partial charge in [-0.05, 0) is 56.2 Å². The molecule has 0 aliphatic carbocycles. The van der Waals surface area contributed by atoms with Gasteiger partial charge in [-0.15, -0.1) is 0 Å². The fraction of sp³-hybridized carbons (Fsp3) is 0.200. The van der Waals surface area contributed by atoms with E-state index in [-0.39, 0.29) is 11.9 Å². The van der Waals surface area contributed by atoms with Crippen molar-refractivity contribution in [2.75, 3.05) is 5.32 Å². The van der Waals surface area contributed by atoms with E-state index in [1.807, 2.05) is 57.2 Å². The average Bonchev–Trinajstić information content (AvgIpc) is 2.57. The first-order valence-corrected chi connectivity index (χ1v) is 9.48. The molecule has 1 atom stereocenters. The average molecular weight is 430 g/mol. The lowest BCUT2D eigenvalue weighted by molar-refractivity contribution is -0.113. The van der Waals surface area contributed by atoms with Gasteiger partial charge in [0.25, 0.3) is 5.91 Å². The number of hydrogen-bond acceptors (Lipinski definition) is 2. The molecule has 1 amide bonds. The lowest BCUT2D eigenvalue weighted by atomic mass is 9.95. The maximum atomic E-state index is 13.1. The highest BCUT2D eigenvalue weighted by Gasteiger charge is 2.31. The quantitative estimate of drug-likeness (QED) is 0.628. The molecular weight excluding hydrogens is 410 g/mol. The smallest absolute Gasteiger partial charge is 0.255 e. The second-order valence-corrected chi connectivity index (χ2v) is 7.63. The Kier molecular flexibility index (Phi) is 5.44. The highest BCUT2D eigenvalue weighted by molar-refractivity contribution is 9.10. The molecule has 6 heteroatoms. The molecular formula is C20H20BrN3OS. The summed E-state index contributed by atoms with van der Waals surface area (Å²) in [6.45, 7) is 5.89. The number of nitrogens with one attached hydrogen (secondary N) is 3. The van der Waals surface area contributed by atoms with E-state index < -0.39 is 0 Å². The van der Waals surface area contributed by atoms with Crippen LogP contribution in [0, 0.1) is 13.8 Å². The summed E-state index contributed by atoms with van der Waals surface area (Å²) in [5.74, 6) is -0.155. The Morgan fingerprint density at radius 3 is 2.58 bits per heavy atom. The van der Waals surface area contributed by atoms with Crippen molar-refractivity contribution in [1.82, 2.24) is 10.6 Å². The van der Waals surface area contributed by atoms with Crippen LogP contribution in [-0.4, -0.2) is 11.0 Å². The highest BCUT2D eigenvalue weighted by atomic mass is 79.9. The summed E-state index contributed by atoms with van der Waals surface area (Å²) in [5, 5.41) is 9.82. The number of allylic oxidation sites excluding steroid dienone is 1. The standard InChI is InChI=1S/C20H20BrN3OS/c1-11-8-9-16(12(2)10-11)23-19(25)17-13(3)22-20(26)24-18(17)14-6-4-5-7-15(14)21/h4-10,18H,1-3H3,(H,23,25)(H2,22,24,26). The van der Waals surface area contributed by atoms with Gasteiger partial charge in [0.2, 0.25) is 0 Å². The van der Waals surface area contributed by atoms with Crippen molar-refractivity contribution in [3.63, 3.8) is 0 Å². The third kappa shape index (κ3) is 3.81. The summed E-state index contributed by atoms with van der Waals surface area (Å²) >= 11 is 8.88. The van der Waals surface area contributed by atoms with Crippen molar-refractivity contribution in [3.8, 4) is 0 Å². The molecule has 1 aliphatic heterocycles. The predicted octanol–water partition coefficient (Wildman–Crippen LogP) is 4.50. The Bertz CT molecular complexity index is 923. The van der Waals surface area contributed by atoms with Crippen LogP contribution in [0.4, 0.5) is 5.69 Å². The number of carbonyl (C=O) groups excluding carboxylic acids is 1. The van der Waals surface area contributed by atoms with E-state index in [1.54, 1.807) is 0 Å². The molecule has 2 aromatic carbocycles. The Hall–Kier alpha value is -2.18. The lowest BCUT2D eigenvalue weighted by Gasteiger charge is -2.31. The molecule has 3 rings (SSSR count). The first kappa shape index (κ1) is 18.6. The fourth-order valence-electron chi connectivity index (χ4n) is 3.08. The lowest BCUT2D eigenvalue weighted by Crippen LogP contribution is -2.45. The monoisotopic (exact) mass is 429 g/mol. The molecule has 0 fully saturated rings. The molecule has 1 unspecified atom stereocenters. The zero-order chi connectivity index (χ0) is 18.8. The normalized spacial score (nSPS) is 16.8. The Morgan fingerprint density at radius 2 is 1.88 bits per heavy atom. The van der Waals surface area contributed by atoms with Crippen LogP contribution < -0.4 is 16.0 Å². The van der Waals surface area contributed by atoms with Gasteiger partial charge in [-0.3, -0.25) is 4.79 Å². The molecule has 134 valence electrons. The van der Waals surface area contributed by atoms with E-state index in [1.165, 1.54) is 0 Å². The van der Waals surface area contributed by atoms with Crippen molar-refractivity contribution < 1.29 is 4.79 Å².